The molecule has 0 aliphatic carbocycles. The smallest absolute Gasteiger partial charge is 0.200 e. The lowest BCUT2D eigenvalue weighted by molar-refractivity contribution is 0.108. The zero-order valence-electron chi connectivity index (χ0n) is 16.2. The molecule has 0 aliphatic heterocycles. The molecule has 146 valence electrons. The van der Waals surface area contributed by atoms with Crippen LogP contribution in [-0.4, -0.2) is 24.2 Å². The van der Waals surface area contributed by atoms with Crippen molar-refractivity contribution in [1.82, 2.24) is 19.1 Å². The molecule has 0 bridgehead atoms. The molecule has 0 saturated heterocycles. The van der Waals surface area contributed by atoms with E-state index in [0.29, 0.717) is 16.7 Å². The largest absolute Gasteiger partial charge is 0.371 e. The molecule has 0 unspecified atom stereocenters. The number of nitrogens with zero attached hydrogens (tertiary/aromatic N) is 4. The first-order chi connectivity index (χ1) is 14.0. The van der Waals surface area contributed by atoms with Gasteiger partial charge in [-0.25, -0.2) is 9.97 Å². The molecule has 0 amide bonds. The molecule has 29 heavy (non-hydrogen) atoms. The third kappa shape index (κ3) is 3.62. The van der Waals surface area contributed by atoms with E-state index in [4.69, 9.17) is 11.6 Å². The maximum Gasteiger partial charge on any atom is 0.200 e. The number of rotatable bonds is 5. The van der Waals surface area contributed by atoms with E-state index >= 15 is 0 Å². The van der Waals surface area contributed by atoms with Crippen LogP contribution in [0, 0.1) is 0 Å². The normalized spacial score (nSPS) is 12.3. The highest BCUT2D eigenvalue weighted by Crippen LogP contribution is 2.35. The molecule has 0 radical (unpaired) electrons. The molecule has 0 spiro atoms. The van der Waals surface area contributed by atoms with Crippen molar-refractivity contribution >= 4 is 17.2 Å². The summed E-state index contributed by atoms with van der Waals surface area (Å²) >= 11 is 6.10. The summed E-state index contributed by atoms with van der Waals surface area (Å²) in [7, 11) is 3.71. The molecule has 0 aliphatic rings. The number of aliphatic hydroxyl groups is 1. The molecule has 2 aromatic carbocycles. The first-order valence-corrected chi connectivity index (χ1v) is 9.59. The van der Waals surface area contributed by atoms with Gasteiger partial charge in [-0.2, -0.15) is 0 Å². The van der Waals surface area contributed by atoms with Gasteiger partial charge in [0.05, 0.1) is 0 Å². The van der Waals surface area contributed by atoms with Gasteiger partial charge in [0.15, 0.2) is 17.2 Å². The first-order valence-electron chi connectivity index (χ1n) is 9.21. The molecular weight excluding hydrogens is 384 g/mol. The molecule has 4 rings (SSSR count). The van der Waals surface area contributed by atoms with Crippen LogP contribution in [0.3, 0.4) is 0 Å². The van der Waals surface area contributed by atoms with Gasteiger partial charge in [-0.15, -0.1) is 0 Å². The van der Waals surface area contributed by atoms with Gasteiger partial charge in [0.25, 0.3) is 0 Å². The van der Waals surface area contributed by atoms with Crippen molar-refractivity contribution in [1.29, 1.82) is 0 Å². The highest BCUT2D eigenvalue weighted by molar-refractivity contribution is 6.30. The molecule has 1 N–H and O–H groups in total. The van der Waals surface area contributed by atoms with Crippen LogP contribution in [0.1, 0.15) is 22.8 Å². The van der Waals surface area contributed by atoms with Crippen LogP contribution in [0.5, 0.6) is 0 Å². The Bertz CT molecular complexity index is 1100. The summed E-state index contributed by atoms with van der Waals surface area (Å²) in [6.07, 6.45) is 8.77. The maximum atomic E-state index is 12.0. The maximum absolute atomic E-state index is 12.0. The number of imidazole rings is 2. The Balaban J connectivity index is 2.00. The van der Waals surface area contributed by atoms with E-state index in [2.05, 4.69) is 9.97 Å². The third-order valence-corrected chi connectivity index (χ3v) is 5.17. The summed E-state index contributed by atoms with van der Waals surface area (Å²) in [4.78, 5) is 8.87. The lowest BCUT2D eigenvalue weighted by Crippen LogP contribution is -2.32. The van der Waals surface area contributed by atoms with Crippen molar-refractivity contribution in [2.24, 2.45) is 14.1 Å². The number of hydrogen-bond acceptors (Lipinski definition) is 3. The van der Waals surface area contributed by atoms with E-state index in [9.17, 15) is 5.11 Å². The van der Waals surface area contributed by atoms with Gasteiger partial charge >= 0.3 is 0 Å². The third-order valence-electron chi connectivity index (χ3n) is 4.92. The van der Waals surface area contributed by atoms with E-state index < -0.39 is 5.60 Å². The monoisotopic (exact) mass is 404 g/mol. The minimum atomic E-state index is -1.54. The lowest BCUT2D eigenvalue weighted by atomic mass is 9.90. The lowest BCUT2D eigenvalue weighted by Gasteiger charge is -2.25. The molecule has 0 saturated carbocycles. The second kappa shape index (κ2) is 7.70. The zero-order valence-corrected chi connectivity index (χ0v) is 17.0. The summed E-state index contributed by atoms with van der Waals surface area (Å²) < 4.78 is 3.60. The van der Waals surface area contributed by atoms with Crippen molar-refractivity contribution in [2.75, 3.05) is 0 Å². The van der Waals surface area contributed by atoms with E-state index in [0.717, 1.165) is 16.7 Å². The first kappa shape index (κ1) is 19.2. The Hall–Kier alpha value is -3.15. The van der Waals surface area contributed by atoms with E-state index in [1.807, 2.05) is 87.2 Å². The van der Waals surface area contributed by atoms with Gasteiger partial charge in [0.2, 0.25) is 0 Å². The summed E-state index contributed by atoms with van der Waals surface area (Å²) in [5.41, 5.74) is 1.22. The predicted molar refractivity (Wildman–Crippen MR) is 114 cm³/mol. The summed E-state index contributed by atoms with van der Waals surface area (Å²) in [6, 6.07) is 17.5. The van der Waals surface area contributed by atoms with E-state index in [1.54, 1.807) is 21.5 Å². The van der Waals surface area contributed by atoms with Gasteiger partial charge in [0, 0.05) is 43.9 Å². The van der Waals surface area contributed by atoms with Crippen LogP contribution in [0.2, 0.25) is 5.02 Å². The van der Waals surface area contributed by atoms with Gasteiger partial charge in [-0.1, -0.05) is 54.1 Å². The van der Waals surface area contributed by atoms with Crippen molar-refractivity contribution < 1.29 is 5.11 Å². The second-order valence-corrected chi connectivity index (χ2v) is 7.36. The standard InChI is InChI=1S/C23H21ClN4O/c1-27-14-12-25-21(27)23(29,22-26-13-15-28(22)2)16-20(17-6-4-3-5-7-17)18-8-10-19(24)11-9-18/h3-16,29H,1-2H3/b20-16-. The molecule has 0 fully saturated rings. The average molecular weight is 405 g/mol. The highest BCUT2D eigenvalue weighted by Gasteiger charge is 2.38. The Morgan fingerprint density at radius 2 is 1.38 bits per heavy atom. The number of benzene rings is 2. The van der Waals surface area contributed by atoms with Crippen LogP contribution in [0.25, 0.3) is 5.57 Å². The SMILES string of the molecule is Cn1ccnc1C(O)(/C=C(/c1ccccc1)c1ccc(Cl)cc1)c1nccn1C. The van der Waals surface area contributed by atoms with E-state index in [-0.39, 0.29) is 0 Å². The fraction of sp³-hybridized carbons (Fsp3) is 0.130. The molecule has 5 nitrogen and oxygen atoms in total. The summed E-state index contributed by atoms with van der Waals surface area (Å²) in [6.45, 7) is 0. The van der Waals surface area contributed by atoms with Crippen LogP contribution in [0.15, 0.2) is 85.5 Å². The Labute approximate surface area is 174 Å². The molecule has 4 aromatic rings. The average Bonchev–Trinajstić information content (AvgIpc) is 3.36. The summed E-state index contributed by atoms with van der Waals surface area (Å²) in [5.74, 6) is 0.961. The Morgan fingerprint density at radius 1 is 0.862 bits per heavy atom. The van der Waals surface area contributed by atoms with Crippen LogP contribution >= 0.6 is 11.6 Å². The van der Waals surface area contributed by atoms with Crippen LogP contribution in [-0.2, 0) is 19.7 Å². The number of halogens is 1. The predicted octanol–water partition coefficient (Wildman–Crippen LogP) is 4.17. The van der Waals surface area contributed by atoms with Crippen LogP contribution in [0.4, 0.5) is 0 Å². The zero-order chi connectivity index (χ0) is 20.4. The number of aryl methyl sites for hydroxylation is 2. The minimum Gasteiger partial charge on any atom is -0.371 e. The van der Waals surface area contributed by atoms with Crippen molar-refractivity contribution in [3.63, 3.8) is 0 Å². The quantitative estimate of drug-likeness (QED) is 0.543. The molecule has 2 heterocycles. The molecule has 6 heteroatoms. The van der Waals surface area contributed by atoms with Gasteiger partial charge < -0.3 is 14.2 Å². The van der Waals surface area contributed by atoms with Crippen molar-refractivity contribution in [3.8, 4) is 0 Å². The summed E-state index contributed by atoms with van der Waals surface area (Å²) in [5, 5.41) is 12.6. The number of aromatic nitrogens is 4. The topological polar surface area (TPSA) is 55.9 Å². The molecule has 2 aromatic heterocycles. The van der Waals surface area contributed by atoms with Gasteiger partial charge in [-0.05, 0) is 34.9 Å². The fourth-order valence-corrected chi connectivity index (χ4v) is 3.61. The minimum absolute atomic E-state index is 0.481. The molecular formula is C23H21ClN4O. The van der Waals surface area contributed by atoms with Crippen molar-refractivity contribution in [2.45, 2.75) is 5.60 Å². The Morgan fingerprint density at radius 3 is 1.86 bits per heavy atom. The van der Waals surface area contributed by atoms with Crippen LogP contribution < -0.4 is 0 Å². The highest BCUT2D eigenvalue weighted by atomic mass is 35.5. The fourth-order valence-electron chi connectivity index (χ4n) is 3.48. The second-order valence-electron chi connectivity index (χ2n) is 6.92. The number of hydrogen-bond donors (Lipinski definition) is 1. The van der Waals surface area contributed by atoms with Gasteiger partial charge in [-0.3, -0.25) is 0 Å². The van der Waals surface area contributed by atoms with Crippen molar-refractivity contribution in [3.05, 3.63) is 113 Å². The van der Waals surface area contributed by atoms with E-state index in [1.165, 1.54) is 0 Å². The Kier molecular flexibility index (Phi) is 5.09. The van der Waals surface area contributed by atoms with Gasteiger partial charge in [0.1, 0.15) is 0 Å². The molecule has 0 atom stereocenters.